The molecule has 2 rings (SSSR count). The van der Waals surface area contributed by atoms with Crippen LogP contribution < -0.4 is 5.32 Å². The largest absolute Gasteiger partial charge is 0.334 e. The minimum absolute atomic E-state index is 0.0245. The lowest BCUT2D eigenvalue weighted by molar-refractivity contribution is -0.114. The maximum absolute atomic E-state index is 12.5. The molecule has 1 aromatic rings. The maximum atomic E-state index is 12.5. The Morgan fingerprint density at radius 1 is 1.50 bits per heavy atom. The van der Waals surface area contributed by atoms with Gasteiger partial charge in [-0.15, -0.1) is 11.3 Å². The van der Waals surface area contributed by atoms with E-state index in [2.05, 4.69) is 24.1 Å². The minimum atomic E-state index is -0.171. The number of anilines is 1. The van der Waals surface area contributed by atoms with E-state index in [0.29, 0.717) is 16.7 Å². The molecule has 1 aliphatic rings. The van der Waals surface area contributed by atoms with Gasteiger partial charge in [-0.25, -0.2) is 4.98 Å². The fourth-order valence-electron chi connectivity index (χ4n) is 2.53. The zero-order chi connectivity index (χ0) is 14.7. The Morgan fingerprint density at radius 3 is 2.90 bits per heavy atom. The van der Waals surface area contributed by atoms with Gasteiger partial charge in [0, 0.05) is 24.9 Å². The molecule has 0 saturated carbocycles. The van der Waals surface area contributed by atoms with E-state index in [1.165, 1.54) is 24.7 Å². The Balaban J connectivity index is 2.09. The molecular weight excluding hydrogens is 274 g/mol. The molecule has 1 N–H and O–H groups in total. The molecule has 0 radical (unpaired) electrons. The lowest BCUT2D eigenvalue weighted by Gasteiger charge is -2.37. The van der Waals surface area contributed by atoms with E-state index in [0.717, 1.165) is 19.4 Å². The van der Waals surface area contributed by atoms with Gasteiger partial charge in [-0.1, -0.05) is 13.3 Å². The van der Waals surface area contributed by atoms with Gasteiger partial charge >= 0.3 is 0 Å². The molecule has 2 atom stereocenters. The first-order valence-corrected chi connectivity index (χ1v) is 7.93. The van der Waals surface area contributed by atoms with Crippen LogP contribution in [0.1, 0.15) is 50.5 Å². The third-order valence-electron chi connectivity index (χ3n) is 3.82. The van der Waals surface area contributed by atoms with Crippen molar-refractivity contribution < 1.29 is 9.59 Å². The number of amides is 2. The summed E-state index contributed by atoms with van der Waals surface area (Å²) in [6.07, 6.45) is 3.34. The number of piperidine rings is 1. The lowest BCUT2D eigenvalue weighted by Crippen LogP contribution is -2.45. The van der Waals surface area contributed by atoms with Gasteiger partial charge in [0.25, 0.3) is 5.91 Å². The van der Waals surface area contributed by atoms with Crippen LogP contribution in [0.3, 0.4) is 0 Å². The van der Waals surface area contributed by atoms with Crippen molar-refractivity contribution in [2.45, 2.75) is 46.1 Å². The molecule has 2 amide bonds. The molecular formula is C14H21N3O2S. The number of thiazole rings is 1. The number of nitrogens with one attached hydrogen (secondary N) is 1. The van der Waals surface area contributed by atoms with Gasteiger partial charge in [-0.05, 0) is 25.7 Å². The highest BCUT2D eigenvalue weighted by Crippen LogP contribution is 2.26. The van der Waals surface area contributed by atoms with Crippen molar-refractivity contribution in [3.8, 4) is 0 Å². The van der Waals surface area contributed by atoms with Crippen LogP contribution in [0.5, 0.6) is 0 Å². The maximum Gasteiger partial charge on any atom is 0.273 e. The fraction of sp³-hybridized carbons (Fsp3) is 0.643. The topological polar surface area (TPSA) is 62.3 Å². The summed E-state index contributed by atoms with van der Waals surface area (Å²) >= 11 is 1.29. The number of rotatable bonds is 3. The molecule has 0 bridgehead atoms. The fourth-order valence-corrected chi connectivity index (χ4v) is 3.26. The van der Waals surface area contributed by atoms with Gasteiger partial charge < -0.3 is 10.2 Å². The van der Waals surface area contributed by atoms with Crippen molar-refractivity contribution >= 4 is 28.3 Å². The highest BCUT2D eigenvalue weighted by atomic mass is 32.1. The summed E-state index contributed by atoms with van der Waals surface area (Å²) < 4.78 is 0. The first-order valence-electron chi connectivity index (χ1n) is 7.05. The number of hydrogen-bond acceptors (Lipinski definition) is 4. The number of carbonyl (C=O) groups is 2. The molecule has 5 nitrogen and oxygen atoms in total. The Hall–Kier alpha value is -1.43. The number of aromatic nitrogens is 1. The number of carbonyl (C=O) groups excluding carboxylic acids is 2. The minimum Gasteiger partial charge on any atom is -0.334 e. The Morgan fingerprint density at radius 2 is 2.25 bits per heavy atom. The van der Waals surface area contributed by atoms with Crippen molar-refractivity contribution in [1.82, 2.24) is 9.88 Å². The average molecular weight is 295 g/mol. The van der Waals surface area contributed by atoms with E-state index in [9.17, 15) is 9.59 Å². The molecule has 0 aromatic carbocycles. The van der Waals surface area contributed by atoms with Gasteiger partial charge in [-0.2, -0.15) is 0 Å². The predicted octanol–water partition coefficient (Wildman–Crippen LogP) is 2.75. The summed E-state index contributed by atoms with van der Waals surface area (Å²) in [4.78, 5) is 29.6. The molecule has 20 heavy (non-hydrogen) atoms. The molecule has 1 aliphatic heterocycles. The second-order valence-corrected chi connectivity index (χ2v) is 6.24. The third-order valence-corrected chi connectivity index (χ3v) is 4.58. The molecule has 0 spiro atoms. The van der Waals surface area contributed by atoms with Crippen LogP contribution in [0.25, 0.3) is 0 Å². The quantitative estimate of drug-likeness (QED) is 0.932. The molecule has 0 unspecified atom stereocenters. The first-order chi connectivity index (χ1) is 9.51. The predicted molar refractivity (Wildman–Crippen MR) is 79.9 cm³/mol. The van der Waals surface area contributed by atoms with Crippen molar-refractivity contribution in [2.75, 3.05) is 11.9 Å². The van der Waals surface area contributed by atoms with Gasteiger partial charge in [0.2, 0.25) is 5.91 Å². The van der Waals surface area contributed by atoms with E-state index >= 15 is 0 Å². The zero-order valence-corrected chi connectivity index (χ0v) is 13.0. The number of nitrogens with zero attached hydrogens (tertiary/aromatic N) is 2. The van der Waals surface area contributed by atoms with Crippen LogP contribution in [0.15, 0.2) is 5.38 Å². The second kappa shape index (κ2) is 6.35. The van der Waals surface area contributed by atoms with E-state index in [4.69, 9.17) is 0 Å². The molecule has 6 heteroatoms. The Bertz CT molecular complexity index is 500. The van der Waals surface area contributed by atoms with Gasteiger partial charge in [-0.3, -0.25) is 9.59 Å². The SMILES string of the molecule is CC[C@@H]1CC[C@H](C)N(C(=O)c2csc(NC(C)=O)n2)C1. The molecule has 1 saturated heterocycles. The van der Waals surface area contributed by atoms with Crippen LogP contribution in [0, 0.1) is 5.92 Å². The van der Waals surface area contributed by atoms with Crippen LogP contribution in [0.4, 0.5) is 5.13 Å². The van der Waals surface area contributed by atoms with E-state index in [-0.39, 0.29) is 17.9 Å². The van der Waals surface area contributed by atoms with Crippen LogP contribution in [-0.4, -0.2) is 34.3 Å². The summed E-state index contributed by atoms with van der Waals surface area (Å²) in [5, 5.41) is 4.81. The van der Waals surface area contributed by atoms with Crippen molar-refractivity contribution in [3.63, 3.8) is 0 Å². The number of hydrogen-bond donors (Lipinski definition) is 1. The average Bonchev–Trinajstić information content (AvgIpc) is 2.86. The van der Waals surface area contributed by atoms with Gasteiger partial charge in [0.05, 0.1) is 0 Å². The number of likely N-dealkylation sites (tertiary alicyclic amines) is 1. The van der Waals surface area contributed by atoms with Crippen LogP contribution >= 0.6 is 11.3 Å². The summed E-state index contributed by atoms with van der Waals surface area (Å²) in [5.74, 6) is 0.392. The molecule has 0 aliphatic carbocycles. The van der Waals surface area contributed by atoms with Crippen molar-refractivity contribution in [2.24, 2.45) is 5.92 Å². The third kappa shape index (κ3) is 3.36. The van der Waals surface area contributed by atoms with Crippen LogP contribution in [-0.2, 0) is 4.79 Å². The van der Waals surface area contributed by atoms with Crippen molar-refractivity contribution in [1.29, 1.82) is 0 Å². The van der Waals surface area contributed by atoms with Gasteiger partial charge in [0.15, 0.2) is 5.13 Å². The normalized spacial score (nSPS) is 22.6. The monoisotopic (exact) mass is 295 g/mol. The molecule has 2 heterocycles. The standard InChI is InChI=1S/C14H21N3O2S/c1-4-11-6-5-9(2)17(7-11)13(19)12-8-20-14(16-12)15-10(3)18/h8-9,11H,4-7H2,1-3H3,(H,15,16,18)/t9-,11+/m0/s1. The Kier molecular flexibility index (Phi) is 4.75. The molecule has 110 valence electrons. The summed E-state index contributed by atoms with van der Waals surface area (Å²) in [6.45, 7) is 6.50. The second-order valence-electron chi connectivity index (χ2n) is 5.38. The van der Waals surface area contributed by atoms with Gasteiger partial charge in [0.1, 0.15) is 5.69 Å². The summed E-state index contributed by atoms with van der Waals surface area (Å²) in [5.41, 5.74) is 0.433. The highest BCUT2D eigenvalue weighted by Gasteiger charge is 2.29. The van der Waals surface area contributed by atoms with Crippen molar-refractivity contribution in [3.05, 3.63) is 11.1 Å². The lowest BCUT2D eigenvalue weighted by atomic mass is 9.91. The summed E-state index contributed by atoms with van der Waals surface area (Å²) in [6, 6.07) is 0.260. The molecule has 1 fully saturated rings. The first kappa shape index (κ1) is 15.0. The zero-order valence-electron chi connectivity index (χ0n) is 12.2. The smallest absolute Gasteiger partial charge is 0.273 e. The van der Waals surface area contributed by atoms with E-state index in [1.54, 1.807) is 5.38 Å². The van der Waals surface area contributed by atoms with Crippen LogP contribution in [0.2, 0.25) is 0 Å². The summed E-state index contributed by atoms with van der Waals surface area (Å²) in [7, 11) is 0. The highest BCUT2D eigenvalue weighted by molar-refractivity contribution is 7.14. The Labute approximate surface area is 123 Å². The van der Waals surface area contributed by atoms with E-state index < -0.39 is 0 Å². The molecule has 1 aromatic heterocycles. The van der Waals surface area contributed by atoms with E-state index in [1.807, 2.05) is 4.90 Å².